The van der Waals surface area contributed by atoms with Crippen molar-refractivity contribution >= 4 is 26.6 Å². The van der Waals surface area contributed by atoms with E-state index >= 15 is 0 Å². The lowest BCUT2D eigenvalue weighted by atomic mass is 10.2. The van der Waals surface area contributed by atoms with E-state index in [4.69, 9.17) is 0 Å². The van der Waals surface area contributed by atoms with Gasteiger partial charge >= 0.3 is 0 Å². The van der Waals surface area contributed by atoms with Crippen LogP contribution in [0.25, 0.3) is 22.3 Å². The summed E-state index contributed by atoms with van der Waals surface area (Å²) in [7, 11) is -3.82. The topological polar surface area (TPSA) is 97.1 Å². The van der Waals surface area contributed by atoms with E-state index in [9.17, 15) is 13.5 Å². The zero-order valence-electron chi connectivity index (χ0n) is 17.5. The number of rotatable bonds is 6. The third kappa shape index (κ3) is 4.28. The van der Waals surface area contributed by atoms with Crippen molar-refractivity contribution in [2.75, 3.05) is 4.72 Å². The normalized spacial score (nSPS) is 11.5. The highest BCUT2D eigenvalue weighted by Gasteiger charge is 2.18. The Kier molecular flexibility index (Phi) is 5.27. The summed E-state index contributed by atoms with van der Waals surface area (Å²) >= 11 is 0. The number of hydrogen-bond donors (Lipinski definition) is 2. The lowest BCUT2D eigenvalue weighted by molar-refractivity contribution is 0.474. The van der Waals surface area contributed by atoms with Crippen LogP contribution in [0, 0.1) is 0 Å². The lowest BCUT2D eigenvalue weighted by Crippen LogP contribution is -2.13. The van der Waals surface area contributed by atoms with Gasteiger partial charge in [0.15, 0.2) is 0 Å². The molecule has 0 saturated carbocycles. The van der Waals surface area contributed by atoms with Crippen LogP contribution in [0.2, 0.25) is 0 Å². The average Bonchev–Trinajstić information content (AvgIpc) is 3.27. The molecule has 0 radical (unpaired) electrons. The zero-order chi connectivity index (χ0) is 22.8. The number of fused-ring (bicyclic) bond motifs is 1. The van der Waals surface area contributed by atoms with Gasteiger partial charge in [0, 0.05) is 41.8 Å². The van der Waals surface area contributed by atoms with E-state index in [1.807, 2.05) is 41.1 Å². The number of benzene rings is 3. The number of phenolic OH excluding ortho intramolecular Hbond substituents is 1. The molecule has 33 heavy (non-hydrogen) atoms. The molecular formula is C25H20N4O3S. The Balaban J connectivity index is 1.39. The van der Waals surface area contributed by atoms with Crippen LogP contribution in [0.3, 0.4) is 0 Å². The second-order valence-corrected chi connectivity index (χ2v) is 9.21. The number of imidazole rings is 1. The average molecular weight is 457 g/mol. The van der Waals surface area contributed by atoms with Gasteiger partial charge in [0.2, 0.25) is 0 Å². The molecule has 2 heterocycles. The molecule has 2 N–H and O–H groups in total. The summed E-state index contributed by atoms with van der Waals surface area (Å²) in [5.74, 6) is 0.957. The molecule has 0 aliphatic carbocycles. The molecule has 8 heteroatoms. The third-order valence-electron chi connectivity index (χ3n) is 5.26. The fourth-order valence-corrected chi connectivity index (χ4v) is 4.98. The lowest BCUT2D eigenvalue weighted by Gasteiger charge is -2.11. The number of sulfonamides is 1. The van der Waals surface area contributed by atoms with E-state index in [2.05, 4.69) is 14.7 Å². The monoisotopic (exact) mass is 456 g/mol. The Bertz CT molecular complexity index is 1540. The van der Waals surface area contributed by atoms with Crippen LogP contribution in [0.5, 0.6) is 5.75 Å². The van der Waals surface area contributed by atoms with Gasteiger partial charge in [0.05, 0.1) is 5.52 Å². The second-order valence-electron chi connectivity index (χ2n) is 7.56. The van der Waals surface area contributed by atoms with E-state index < -0.39 is 10.0 Å². The fraction of sp³-hybridized carbons (Fsp3) is 0.0400. The van der Waals surface area contributed by atoms with Gasteiger partial charge in [0.25, 0.3) is 10.0 Å². The Morgan fingerprint density at radius 2 is 1.67 bits per heavy atom. The summed E-state index contributed by atoms with van der Waals surface area (Å²) < 4.78 is 30.7. The Labute approximate surface area is 191 Å². The second kappa shape index (κ2) is 8.40. The molecule has 3 aromatic carbocycles. The molecule has 2 aromatic heterocycles. The molecule has 0 amide bonds. The van der Waals surface area contributed by atoms with Crippen molar-refractivity contribution in [3.05, 3.63) is 103 Å². The maximum atomic E-state index is 13.0. The molecule has 0 unspecified atom stereocenters. The number of nitrogens with zero attached hydrogens (tertiary/aromatic N) is 3. The first kappa shape index (κ1) is 20.7. The minimum absolute atomic E-state index is 0.131. The third-order valence-corrected chi connectivity index (χ3v) is 6.67. The molecule has 0 aliphatic rings. The molecule has 164 valence electrons. The van der Waals surface area contributed by atoms with Crippen molar-refractivity contribution in [3.63, 3.8) is 0 Å². The molecule has 0 aliphatic heterocycles. The molecule has 0 saturated heterocycles. The molecule has 0 bridgehead atoms. The SMILES string of the molecule is O=S(=O)(Nc1ccc(-c2nccn2Cc2cccc(O)c2)cc1)c1cccc2cccnc12. The zero-order valence-corrected chi connectivity index (χ0v) is 18.3. The van der Waals surface area contributed by atoms with Gasteiger partial charge in [-0.05, 0) is 54.1 Å². The number of pyridine rings is 1. The van der Waals surface area contributed by atoms with Crippen LogP contribution in [-0.2, 0) is 16.6 Å². The summed E-state index contributed by atoms with van der Waals surface area (Å²) in [5.41, 5.74) is 2.66. The molecule has 0 spiro atoms. The van der Waals surface area contributed by atoms with Gasteiger partial charge in [-0.1, -0.05) is 30.3 Å². The number of aromatic nitrogens is 3. The summed E-state index contributed by atoms with van der Waals surface area (Å²) in [6.07, 6.45) is 5.15. The number of hydrogen-bond acceptors (Lipinski definition) is 5. The number of anilines is 1. The van der Waals surface area contributed by atoms with Crippen molar-refractivity contribution in [1.82, 2.24) is 14.5 Å². The summed E-state index contributed by atoms with van der Waals surface area (Å²) in [6, 6.07) is 22.8. The highest BCUT2D eigenvalue weighted by Crippen LogP contribution is 2.25. The fourth-order valence-electron chi connectivity index (χ4n) is 3.74. The number of aromatic hydroxyl groups is 1. The van der Waals surface area contributed by atoms with Crippen molar-refractivity contribution < 1.29 is 13.5 Å². The van der Waals surface area contributed by atoms with Crippen LogP contribution in [0.1, 0.15) is 5.56 Å². The van der Waals surface area contributed by atoms with Gasteiger partial charge in [-0.2, -0.15) is 0 Å². The first-order chi connectivity index (χ1) is 16.0. The quantitative estimate of drug-likeness (QED) is 0.388. The largest absolute Gasteiger partial charge is 0.508 e. The molecule has 5 aromatic rings. The molecule has 0 fully saturated rings. The van der Waals surface area contributed by atoms with E-state index in [0.717, 1.165) is 22.3 Å². The minimum Gasteiger partial charge on any atom is -0.508 e. The molecular weight excluding hydrogens is 436 g/mol. The summed E-state index contributed by atoms with van der Waals surface area (Å²) in [5, 5.41) is 10.5. The van der Waals surface area contributed by atoms with Gasteiger partial charge in [-0.3, -0.25) is 9.71 Å². The predicted octanol–water partition coefficient (Wildman–Crippen LogP) is 4.65. The van der Waals surface area contributed by atoms with Crippen molar-refractivity contribution in [2.24, 2.45) is 0 Å². The number of nitrogens with one attached hydrogen (secondary N) is 1. The maximum Gasteiger partial charge on any atom is 0.264 e. The van der Waals surface area contributed by atoms with E-state index in [1.165, 1.54) is 0 Å². The van der Waals surface area contributed by atoms with Crippen molar-refractivity contribution in [2.45, 2.75) is 11.4 Å². The van der Waals surface area contributed by atoms with Gasteiger partial charge in [-0.25, -0.2) is 13.4 Å². The van der Waals surface area contributed by atoms with Crippen LogP contribution in [0.4, 0.5) is 5.69 Å². The number of phenols is 1. The predicted molar refractivity (Wildman–Crippen MR) is 127 cm³/mol. The smallest absolute Gasteiger partial charge is 0.264 e. The summed E-state index contributed by atoms with van der Waals surface area (Å²) in [6.45, 7) is 0.548. The van der Waals surface area contributed by atoms with Crippen LogP contribution in [-0.4, -0.2) is 28.1 Å². The van der Waals surface area contributed by atoms with E-state index in [0.29, 0.717) is 17.7 Å². The van der Waals surface area contributed by atoms with Crippen LogP contribution < -0.4 is 4.72 Å². The highest BCUT2D eigenvalue weighted by molar-refractivity contribution is 7.93. The maximum absolute atomic E-state index is 13.0. The van der Waals surface area contributed by atoms with Crippen molar-refractivity contribution in [3.8, 4) is 17.1 Å². The Morgan fingerprint density at radius 1 is 0.879 bits per heavy atom. The Morgan fingerprint density at radius 3 is 2.48 bits per heavy atom. The van der Waals surface area contributed by atoms with Gasteiger partial charge < -0.3 is 9.67 Å². The van der Waals surface area contributed by atoms with Gasteiger partial charge in [-0.15, -0.1) is 0 Å². The minimum atomic E-state index is -3.82. The standard InChI is InChI=1S/C25H20N4O3S/c30-22-7-1-4-18(16-22)17-29-15-14-27-25(29)20-9-11-21(12-10-20)28-33(31,32)23-8-2-5-19-6-3-13-26-24(19)23/h1-16,28,30H,17H2. The molecule has 5 rings (SSSR count). The first-order valence-electron chi connectivity index (χ1n) is 10.3. The number of para-hydroxylation sites is 1. The molecule has 7 nitrogen and oxygen atoms in total. The van der Waals surface area contributed by atoms with E-state index in [1.54, 1.807) is 60.9 Å². The molecule has 0 atom stereocenters. The highest BCUT2D eigenvalue weighted by atomic mass is 32.2. The Hall–Kier alpha value is -4.17. The summed E-state index contributed by atoms with van der Waals surface area (Å²) in [4.78, 5) is 8.82. The van der Waals surface area contributed by atoms with Crippen LogP contribution >= 0.6 is 0 Å². The first-order valence-corrected chi connectivity index (χ1v) is 11.7. The van der Waals surface area contributed by atoms with Crippen LogP contribution in [0.15, 0.2) is 102 Å². The van der Waals surface area contributed by atoms with E-state index in [-0.39, 0.29) is 10.6 Å². The van der Waals surface area contributed by atoms with Gasteiger partial charge in [0.1, 0.15) is 16.5 Å². The van der Waals surface area contributed by atoms with Crippen molar-refractivity contribution in [1.29, 1.82) is 0 Å².